The maximum absolute atomic E-state index is 12.0. The smallest absolute Gasteiger partial charge is 0.336 e. The highest BCUT2D eigenvalue weighted by Crippen LogP contribution is 2.50. The van der Waals surface area contributed by atoms with E-state index >= 15 is 0 Å². The molecule has 2 unspecified atom stereocenters. The lowest BCUT2D eigenvalue weighted by atomic mass is 9.64. The van der Waals surface area contributed by atoms with Gasteiger partial charge in [0.2, 0.25) is 0 Å². The van der Waals surface area contributed by atoms with Crippen molar-refractivity contribution in [3.8, 4) is 11.5 Å². The number of carbonyl (C=O) groups is 1. The zero-order valence-electron chi connectivity index (χ0n) is 16.3. The van der Waals surface area contributed by atoms with E-state index in [1.807, 2.05) is 26.1 Å². The number of carbonyl (C=O) groups excluding carboxylic acids is 1. The summed E-state index contributed by atoms with van der Waals surface area (Å²) < 4.78 is 5.40. The molecule has 0 heterocycles. The summed E-state index contributed by atoms with van der Waals surface area (Å²) in [5.74, 6) is -0.115. The fourth-order valence-electron chi connectivity index (χ4n) is 4.16. The van der Waals surface area contributed by atoms with E-state index < -0.39 is 5.97 Å². The molecule has 4 nitrogen and oxygen atoms in total. The molecule has 0 bridgehead atoms. The summed E-state index contributed by atoms with van der Waals surface area (Å²) in [6.45, 7) is 6.23. The molecular formula is C22H31NO3. The number of benzene rings is 1. The molecule has 0 fully saturated rings. The highest BCUT2D eigenvalue weighted by atomic mass is 16.5. The van der Waals surface area contributed by atoms with Crippen LogP contribution in [0, 0.1) is 0 Å². The molecule has 0 aromatic heterocycles. The number of esters is 1. The quantitative estimate of drug-likeness (QED) is 0.328. The molecule has 4 heteroatoms. The zero-order chi connectivity index (χ0) is 19.2. The van der Waals surface area contributed by atoms with Crippen molar-refractivity contribution in [2.45, 2.75) is 64.3 Å². The Kier molecular flexibility index (Phi) is 7.04. The first kappa shape index (κ1) is 20.2. The number of ether oxygens (including phenoxy) is 1. The number of allylic oxidation sites excluding steroid dienone is 3. The van der Waals surface area contributed by atoms with Crippen LogP contribution < -0.4 is 10.1 Å². The van der Waals surface area contributed by atoms with Gasteiger partial charge in [-0.15, -0.1) is 0 Å². The summed E-state index contributed by atoms with van der Waals surface area (Å²) in [4.78, 5) is 12.0. The number of rotatable bonds is 7. The minimum Gasteiger partial charge on any atom is -0.504 e. The van der Waals surface area contributed by atoms with Gasteiger partial charge in [0.15, 0.2) is 11.5 Å². The molecule has 1 aliphatic carbocycles. The fraction of sp³-hybridized carbons (Fsp3) is 0.500. The van der Waals surface area contributed by atoms with Gasteiger partial charge in [0, 0.05) is 23.1 Å². The number of aromatic hydroxyl groups is 1. The topological polar surface area (TPSA) is 58.6 Å². The summed E-state index contributed by atoms with van der Waals surface area (Å²) in [7, 11) is 2.00. The first-order valence-electron chi connectivity index (χ1n) is 9.55. The van der Waals surface area contributed by atoms with Crippen molar-refractivity contribution in [3.05, 3.63) is 47.6 Å². The van der Waals surface area contributed by atoms with Crippen molar-refractivity contribution in [2.75, 3.05) is 7.05 Å². The van der Waals surface area contributed by atoms with Crippen LogP contribution in [0.5, 0.6) is 11.5 Å². The lowest BCUT2D eigenvalue weighted by molar-refractivity contribution is -0.129. The van der Waals surface area contributed by atoms with Crippen LogP contribution in [0.4, 0.5) is 0 Å². The summed E-state index contributed by atoms with van der Waals surface area (Å²) in [6.07, 6.45) is 11.4. The fourth-order valence-corrected chi connectivity index (χ4v) is 4.16. The van der Waals surface area contributed by atoms with Crippen molar-refractivity contribution < 1.29 is 14.6 Å². The van der Waals surface area contributed by atoms with Gasteiger partial charge in [-0.05, 0) is 51.3 Å². The van der Waals surface area contributed by atoms with Crippen molar-refractivity contribution in [3.63, 3.8) is 0 Å². The molecule has 0 radical (unpaired) electrons. The van der Waals surface area contributed by atoms with E-state index in [2.05, 4.69) is 19.2 Å². The van der Waals surface area contributed by atoms with Crippen LogP contribution in [0.15, 0.2) is 36.4 Å². The summed E-state index contributed by atoms with van der Waals surface area (Å²) >= 11 is 0. The number of nitrogens with one attached hydrogen (secondary N) is 1. The minimum atomic E-state index is -0.486. The second-order valence-corrected chi connectivity index (χ2v) is 7.03. The number of hydrogen-bond acceptors (Lipinski definition) is 4. The van der Waals surface area contributed by atoms with Crippen molar-refractivity contribution in [2.24, 2.45) is 0 Å². The van der Waals surface area contributed by atoms with Crippen LogP contribution in [0.2, 0.25) is 0 Å². The van der Waals surface area contributed by atoms with E-state index in [0.29, 0.717) is 6.04 Å². The lowest BCUT2D eigenvalue weighted by Crippen LogP contribution is -2.42. The van der Waals surface area contributed by atoms with Crippen LogP contribution in [-0.4, -0.2) is 24.2 Å². The van der Waals surface area contributed by atoms with Gasteiger partial charge in [0.05, 0.1) is 0 Å². The van der Waals surface area contributed by atoms with Crippen LogP contribution in [-0.2, 0) is 16.6 Å². The van der Waals surface area contributed by atoms with Gasteiger partial charge in [-0.1, -0.05) is 44.6 Å². The van der Waals surface area contributed by atoms with Crippen LogP contribution in [0.1, 0.15) is 57.6 Å². The second-order valence-electron chi connectivity index (χ2n) is 7.03. The third-order valence-corrected chi connectivity index (χ3v) is 5.42. The predicted octanol–water partition coefficient (Wildman–Crippen LogP) is 4.41. The van der Waals surface area contributed by atoms with E-state index in [9.17, 15) is 9.90 Å². The number of fused-ring (bicyclic) bond motifs is 1. The molecule has 0 saturated heterocycles. The van der Waals surface area contributed by atoms with Crippen LogP contribution in [0.25, 0.3) is 0 Å². The molecule has 0 saturated carbocycles. The monoisotopic (exact) mass is 357 g/mol. The molecule has 142 valence electrons. The van der Waals surface area contributed by atoms with E-state index in [1.165, 1.54) is 6.08 Å². The highest BCUT2D eigenvalue weighted by molar-refractivity contribution is 5.85. The van der Waals surface area contributed by atoms with Crippen molar-refractivity contribution in [1.82, 2.24) is 5.32 Å². The van der Waals surface area contributed by atoms with Gasteiger partial charge in [-0.2, -0.15) is 0 Å². The number of phenols is 1. The zero-order valence-corrected chi connectivity index (χ0v) is 16.3. The Hall–Kier alpha value is -2.07. The molecular weight excluding hydrogens is 326 g/mol. The van der Waals surface area contributed by atoms with Crippen LogP contribution in [0.3, 0.4) is 0 Å². The van der Waals surface area contributed by atoms with Crippen molar-refractivity contribution in [1.29, 1.82) is 0 Å². The standard InChI is InChI=1S/C22H31NO3/c1-5-8-9-10-19(24)26-18-12-11-16-14-17(23-4)15-22(7-3,13-6-2)20(16)21(18)25/h5,8-12,17,23,25H,6-7,13-15H2,1-4H3/b8-5+,10-9+. The Morgan fingerprint density at radius 2 is 2.15 bits per heavy atom. The first-order chi connectivity index (χ1) is 12.5. The molecule has 2 rings (SSSR count). The van der Waals surface area contributed by atoms with E-state index in [-0.39, 0.29) is 16.9 Å². The summed E-state index contributed by atoms with van der Waals surface area (Å²) in [6, 6.07) is 4.10. The Bertz CT molecular complexity index is 693. The maximum atomic E-state index is 12.0. The first-order valence-corrected chi connectivity index (χ1v) is 9.55. The van der Waals surface area contributed by atoms with Gasteiger partial charge in [0.25, 0.3) is 0 Å². The molecule has 1 aromatic rings. The Morgan fingerprint density at radius 3 is 2.77 bits per heavy atom. The van der Waals surface area contributed by atoms with E-state index in [1.54, 1.807) is 18.2 Å². The largest absolute Gasteiger partial charge is 0.504 e. The molecule has 1 aliphatic rings. The molecule has 0 amide bonds. The third-order valence-electron chi connectivity index (χ3n) is 5.42. The Morgan fingerprint density at radius 1 is 1.38 bits per heavy atom. The predicted molar refractivity (Wildman–Crippen MR) is 106 cm³/mol. The second kappa shape index (κ2) is 9.04. The lowest BCUT2D eigenvalue weighted by Gasteiger charge is -2.43. The third kappa shape index (κ3) is 4.18. The molecule has 0 spiro atoms. The number of hydrogen-bond donors (Lipinski definition) is 2. The minimum absolute atomic E-state index is 0.0939. The van der Waals surface area contributed by atoms with E-state index in [0.717, 1.165) is 43.2 Å². The molecule has 0 aliphatic heterocycles. The molecule has 26 heavy (non-hydrogen) atoms. The van der Waals surface area contributed by atoms with Crippen molar-refractivity contribution >= 4 is 5.97 Å². The summed E-state index contributed by atoms with van der Waals surface area (Å²) in [5.41, 5.74) is 2.02. The van der Waals surface area contributed by atoms with Crippen LogP contribution >= 0.6 is 0 Å². The molecule has 2 atom stereocenters. The van der Waals surface area contributed by atoms with Gasteiger partial charge in [-0.25, -0.2) is 4.79 Å². The number of phenolic OH excluding ortho intramolecular Hbond substituents is 1. The molecule has 2 N–H and O–H groups in total. The molecule has 1 aromatic carbocycles. The summed E-state index contributed by atoms with van der Waals surface area (Å²) in [5, 5.41) is 14.4. The average molecular weight is 357 g/mol. The van der Waals surface area contributed by atoms with E-state index in [4.69, 9.17) is 4.74 Å². The number of likely N-dealkylation sites (N-methyl/N-ethyl adjacent to an activating group) is 1. The average Bonchev–Trinajstić information content (AvgIpc) is 2.64. The maximum Gasteiger partial charge on any atom is 0.336 e. The normalized spacial score (nSPS) is 22.7. The van der Waals surface area contributed by atoms with Gasteiger partial charge < -0.3 is 15.2 Å². The Labute approximate surface area is 157 Å². The van der Waals surface area contributed by atoms with Gasteiger partial charge in [-0.3, -0.25) is 0 Å². The van der Waals surface area contributed by atoms with Gasteiger partial charge >= 0.3 is 5.97 Å². The Balaban J connectivity index is 2.43. The SMILES string of the molecule is C/C=C/C=C/C(=O)Oc1ccc2c(c1O)C(CC)(CCC)CC(NC)C2. The van der Waals surface area contributed by atoms with Gasteiger partial charge in [0.1, 0.15) is 0 Å². The highest BCUT2D eigenvalue weighted by Gasteiger charge is 2.41.